The number of pyridine rings is 1. The standard InChI is InChI=1S/C16H12ClN3O3/c1-19-16(22)13(8-18)15(21)10-2-5-12(6-3-10)23-14-7-4-11(17)9-20-14/h2-7,9,13H,1H3,(H,19,22). The Hall–Kier alpha value is -2.91. The van der Waals surface area contributed by atoms with E-state index in [1.54, 1.807) is 30.3 Å². The fourth-order valence-electron chi connectivity index (χ4n) is 1.78. The Kier molecular flexibility index (Phi) is 5.28. The van der Waals surface area contributed by atoms with Gasteiger partial charge in [0.15, 0.2) is 11.7 Å². The lowest BCUT2D eigenvalue weighted by Crippen LogP contribution is -2.32. The van der Waals surface area contributed by atoms with E-state index < -0.39 is 17.6 Å². The van der Waals surface area contributed by atoms with Crippen molar-refractivity contribution in [2.75, 3.05) is 7.05 Å². The number of nitrogens with zero attached hydrogens (tertiary/aromatic N) is 2. The smallest absolute Gasteiger partial charge is 0.245 e. The van der Waals surface area contributed by atoms with E-state index in [1.807, 2.05) is 0 Å². The topological polar surface area (TPSA) is 92.1 Å². The minimum atomic E-state index is -1.37. The van der Waals surface area contributed by atoms with Gasteiger partial charge >= 0.3 is 0 Å². The third-order valence-corrected chi connectivity index (χ3v) is 3.18. The summed E-state index contributed by atoms with van der Waals surface area (Å²) in [7, 11) is 1.37. The highest BCUT2D eigenvalue weighted by Gasteiger charge is 2.26. The largest absolute Gasteiger partial charge is 0.439 e. The molecule has 1 amide bonds. The molecule has 0 radical (unpaired) electrons. The summed E-state index contributed by atoms with van der Waals surface area (Å²) in [4.78, 5) is 27.6. The molecule has 1 heterocycles. The normalized spacial score (nSPS) is 11.2. The molecule has 2 aromatic rings. The van der Waals surface area contributed by atoms with Crippen molar-refractivity contribution in [1.29, 1.82) is 5.26 Å². The fourth-order valence-corrected chi connectivity index (χ4v) is 1.89. The van der Waals surface area contributed by atoms with Crippen molar-refractivity contribution < 1.29 is 14.3 Å². The molecular formula is C16H12ClN3O3. The first kappa shape index (κ1) is 16.5. The number of ether oxygens (including phenoxy) is 1. The molecule has 1 atom stereocenters. The number of rotatable bonds is 5. The second kappa shape index (κ2) is 7.38. The van der Waals surface area contributed by atoms with Gasteiger partial charge in [-0.2, -0.15) is 5.26 Å². The van der Waals surface area contributed by atoms with Crippen molar-refractivity contribution in [2.24, 2.45) is 5.92 Å². The number of carbonyl (C=O) groups is 2. The molecule has 0 aliphatic heterocycles. The van der Waals surface area contributed by atoms with Crippen LogP contribution in [0.2, 0.25) is 5.02 Å². The third-order valence-electron chi connectivity index (χ3n) is 2.96. The third kappa shape index (κ3) is 4.05. The molecule has 0 bridgehead atoms. The van der Waals surface area contributed by atoms with Crippen LogP contribution in [0.1, 0.15) is 10.4 Å². The number of nitrogens with one attached hydrogen (secondary N) is 1. The van der Waals surface area contributed by atoms with Crippen LogP contribution in [0.5, 0.6) is 11.6 Å². The quantitative estimate of drug-likeness (QED) is 0.672. The molecule has 6 nitrogen and oxygen atoms in total. The molecule has 1 aromatic carbocycles. The average molecular weight is 330 g/mol. The van der Waals surface area contributed by atoms with Crippen molar-refractivity contribution in [1.82, 2.24) is 10.3 Å². The molecule has 0 saturated carbocycles. The van der Waals surface area contributed by atoms with Crippen LogP contribution in [-0.4, -0.2) is 23.7 Å². The lowest BCUT2D eigenvalue weighted by molar-refractivity contribution is -0.121. The maximum atomic E-state index is 12.1. The van der Waals surface area contributed by atoms with E-state index >= 15 is 0 Å². The number of benzene rings is 1. The Morgan fingerprint density at radius 3 is 2.48 bits per heavy atom. The second-order valence-electron chi connectivity index (χ2n) is 4.48. The number of hydrogen-bond donors (Lipinski definition) is 1. The highest BCUT2D eigenvalue weighted by molar-refractivity contribution is 6.30. The summed E-state index contributed by atoms with van der Waals surface area (Å²) in [5, 5.41) is 11.7. The molecule has 0 aliphatic carbocycles. The summed E-state index contributed by atoms with van der Waals surface area (Å²) >= 11 is 5.74. The highest BCUT2D eigenvalue weighted by Crippen LogP contribution is 2.21. The zero-order valence-corrected chi connectivity index (χ0v) is 12.9. The lowest BCUT2D eigenvalue weighted by atomic mass is 9.98. The van der Waals surface area contributed by atoms with Gasteiger partial charge < -0.3 is 10.1 Å². The molecule has 116 valence electrons. The summed E-state index contributed by atoms with van der Waals surface area (Å²) in [5.41, 5.74) is 0.247. The summed E-state index contributed by atoms with van der Waals surface area (Å²) in [5.74, 6) is -1.76. The average Bonchev–Trinajstić information content (AvgIpc) is 2.58. The van der Waals surface area contributed by atoms with Gasteiger partial charge in [0.2, 0.25) is 11.8 Å². The van der Waals surface area contributed by atoms with Crippen LogP contribution >= 0.6 is 11.6 Å². The van der Waals surface area contributed by atoms with Crippen molar-refractivity contribution in [2.45, 2.75) is 0 Å². The number of hydrogen-bond acceptors (Lipinski definition) is 5. The lowest BCUT2D eigenvalue weighted by Gasteiger charge is -2.08. The van der Waals surface area contributed by atoms with Gasteiger partial charge in [0.25, 0.3) is 0 Å². The molecule has 7 heteroatoms. The van der Waals surface area contributed by atoms with Crippen molar-refractivity contribution in [3.63, 3.8) is 0 Å². The van der Waals surface area contributed by atoms with E-state index in [2.05, 4.69) is 10.3 Å². The van der Waals surface area contributed by atoms with Gasteiger partial charge in [0, 0.05) is 24.9 Å². The second-order valence-corrected chi connectivity index (χ2v) is 4.92. The number of halogens is 1. The molecule has 1 unspecified atom stereocenters. The van der Waals surface area contributed by atoms with Crippen LogP contribution in [0.15, 0.2) is 42.6 Å². The van der Waals surface area contributed by atoms with Gasteiger partial charge in [-0.1, -0.05) is 11.6 Å². The number of ketones is 1. The number of carbonyl (C=O) groups excluding carboxylic acids is 2. The van der Waals surface area contributed by atoms with Gasteiger partial charge in [-0.05, 0) is 30.3 Å². The summed E-state index contributed by atoms with van der Waals surface area (Å²) < 4.78 is 5.50. The van der Waals surface area contributed by atoms with Crippen molar-refractivity contribution >= 4 is 23.3 Å². The van der Waals surface area contributed by atoms with Gasteiger partial charge in [-0.3, -0.25) is 9.59 Å². The Morgan fingerprint density at radius 2 is 1.96 bits per heavy atom. The molecule has 0 saturated heterocycles. The molecule has 2 rings (SSSR count). The maximum Gasteiger partial charge on any atom is 0.245 e. The van der Waals surface area contributed by atoms with Gasteiger partial charge in [-0.15, -0.1) is 0 Å². The first-order valence-electron chi connectivity index (χ1n) is 6.60. The minimum Gasteiger partial charge on any atom is -0.439 e. The van der Waals surface area contributed by atoms with Gasteiger partial charge in [-0.25, -0.2) is 4.98 Å². The summed E-state index contributed by atoms with van der Waals surface area (Å²) in [6.07, 6.45) is 1.45. The van der Waals surface area contributed by atoms with Crippen molar-refractivity contribution in [3.8, 4) is 17.7 Å². The highest BCUT2D eigenvalue weighted by atomic mass is 35.5. The molecular weight excluding hydrogens is 318 g/mol. The number of Topliss-reactive ketones (excluding diaryl/α,β-unsaturated/α-hetero) is 1. The van der Waals surface area contributed by atoms with E-state index in [-0.39, 0.29) is 5.56 Å². The van der Waals surface area contributed by atoms with E-state index in [0.29, 0.717) is 16.7 Å². The van der Waals surface area contributed by atoms with Crippen molar-refractivity contribution in [3.05, 3.63) is 53.2 Å². The van der Waals surface area contributed by atoms with E-state index in [1.165, 1.54) is 25.4 Å². The molecule has 1 aromatic heterocycles. The molecule has 0 fully saturated rings. The van der Waals surface area contributed by atoms with E-state index in [0.717, 1.165) is 0 Å². The first-order chi connectivity index (χ1) is 11.0. The maximum absolute atomic E-state index is 12.1. The minimum absolute atomic E-state index is 0.247. The Morgan fingerprint density at radius 1 is 1.26 bits per heavy atom. The van der Waals surface area contributed by atoms with E-state index in [9.17, 15) is 9.59 Å². The van der Waals surface area contributed by atoms with Crippen LogP contribution in [0.3, 0.4) is 0 Å². The molecule has 23 heavy (non-hydrogen) atoms. The first-order valence-corrected chi connectivity index (χ1v) is 6.98. The van der Waals surface area contributed by atoms with Gasteiger partial charge in [0.05, 0.1) is 11.1 Å². The van der Waals surface area contributed by atoms with Crippen LogP contribution < -0.4 is 10.1 Å². The zero-order valence-electron chi connectivity index (χ0n) is 12.1. The predicted octanol–water partition coefficient (Wildman–Crippen LogP) is 2.60. The molecule has 0 aliphatic rings. The number of nitriles is 1. The monoisotopic (exact) mass is 329 g/mol. The van der Waals surface area contributed by atoms with Gasteiger partial charge in [0.1, 0.15) is 5.75 Å². The summed E-state index contributed by atoms with van der Waals surface area (Å²) in [6, 6.07) is 11.0. The van der Waals surface area contributed by atoms with Crippen LogP contribution in [0.25, 0.3) is 0 Å². The molecule has 0 spiro atoms. The van der Waals surface area contributed by atoms with Crippen LogP contribution in [-0.2, 0) is 4.79 Å². The van der Waals surface area contributed by atoms with Crippen LogP contribution in [0.4, 0.5) is 0 Å². The van der Waals surface area contributed by atoms with E-state index in [4.69, 9.17) is 21.6 Å². The number of aromatic nitrogens is 1. The Balaban J connectivity index is 2.12. The Bertz CT molecular complexity index is 752. The molecule has 1 N–H and O–H groups in total. The predicted molar refractivity (Wildman–Crippen MR) is 83.3 cm³/mol. The zero-order chi connectivity index (χ0) is 16.8. The Labute approximate surface area is 137 Å². The SMILES string of the molecule is CNC(=O)C(C#N)C(=O)c1ccc(Oc2ccc(Cl)cn2)cc1. The fraction of sp³-hybridized carbons (Fsp3) is 0.125. The van der Waals surface area contributed by atoms with Crippen LogP contribution in [0, 0.1) is 17.2 Å². The summed E-state index contributed by atoms with van der Waals surface area (Å²) in [6.45, 7) is 0. The number of amides is 1.